The zero-order chi connectivity index (χ0) is 13.8. The van der Waals surface area contributed by atoms with Gasteiger partial charge < -0.3 is 10.0 Å². The third kappa shape index (κ3) is 3.21. The summed E-state index contributed by atoms with van der Waals surface area (Å²) < 4.78 is 0. The molecule has 3 nitrogen and oxygen atoms in total. The third-order valence-electron chi connectivity index (χ3n) is 3.94. The Morgan fingerprint density at radius 2 is 1.89 bits per heavy atom. The minimum Gasteiger partial charge on any atom is -0.478 e. The van der Waals surface area contributed by atoms with Crippen molar-refractivity contribution in [3.05, 3.63) is 28.8 Å². The largest absolute Gasteiger partial charge is 0.478 e. The van der Waals surface area contributed by atoms with Crippen LogP contribution in [0.15, 0.2) is 18.2 Å². The summed E-state index contributed by atoms with van der Waals surface area (Å²) in [7, 11) is 1.96. The van der Waals surface area contributed by atoms with E-state index in [0.29, 0.717) is 22.3 Å². The molecule has 0 atom stereocenters. The molecule has 0 unspecified atom stereocenters. The number of hydrogen-bond acceptors (Lipinski definition) is 2. The van der Waals surface area contributed by atoms with Crippen LogP contribution in [0.2, 0.25) is 5.02 Å². The van der Waals surface area contributed by atoms with E-state index >= 15 is 0 Å². The molecule has 0 aromatic heterocycles. The lowest BCUT2D eigenvalue weighted by Gasteiger charge is -2.31. The average molecular weight is 282 g/mol. The fraction of sp³-hybridized carbons (Fsp3) is 0.533. The van der Waals surface area contributed by atoms with Crippen molar-refractivity contribution in [2.45, 2.75) is 44.6 Å². The molecule has 0 amide bonds. The van der Waals surface area contributed by atoms with Gasteiger partial charge in [0.1, 0.15) is 0 Å². The predicted molar refractivity (Wildman–Crippen MR) is 78.3 cm³/mol. The lowest BCUT2D eigenvalue weighted by atomic mass is 10.0. The van der Waals surface area contributed by atoms with Crippen LogP contribution in [0.4, 0.5) is 5.69 Å². The van der Waals surface area contributed by atoms with Crippen LogP contribution < -0.4 is 4.90 Å². The van der Waals surface area contributed by atoms with E-state index in [4.69, 9.17) is 11.6 Å². The number of rotatable bonds is 3. The quantitative estimate of drug-likeness (QED) is 0.844. The Hall–Kier alpha value is -1.22. The number of carboxylic acids is 1. The number of aromatic carboxylic acids is 1. The second-order valence-electron chi connectivity index (χ2n) is 5.20. The maximum Gasteiger partial charge on any atom is 0.337 e. The molecule has 1 aliphatic carbocycles. The minimum atomic E-state index is -0.919. The van der Waals surface area contributed by atoms with E-state index in [2.05, 4.69) is 4.90 Å². The zero-order valence-corrected chi connectivity index (χ0v) is 12.0. The Labute approximate surface area is 119 Å². The lowest BCUT2D eigenvalue weighted by molar-refractivity contribution is 0.0697. The molecule has 0 saturated heterocycles. The van der Waals surface area contributed by atoms with E-state index in [1.165, 1.54) is 25.7 Å². The van der Waals surface area contributed by atoms with Crippen molar-refractivity contribution in [2.24, 2.45) is 0 Å². The maximum absolute atomic E-state index is 11.3. The third-order valence-corrected chi connectivity index (χ3v) is 4.25. The highest BCUT2D eigenvalue weighted by atomic mass is 35.5. The fourth-order valence-electron chi connectivity index (χ4n) is 2.87. The SMILES string of the molecule is CN(c1c(Cl)cccc1C(=O)O)C1CCCCCC1. The van der Waals surface area contributed by atoms with Crippen molar-refractivity contribution in [2.75, 3.05) is 11.9 Å². The molecular weight excluding hydrogens is 262 g/mol. The first-order valence-electron chi connectivity index (χ1n) is 6.86. The van der Waals surface area contributed by atoms with Gasteiger partial charge in [0.15, 0.2) is 0 Å². The number of carboxylic acid groups (broad SMARTS) is 1. The number of halogens is 1. The van der Waals surface area contributed by atoms with Crippen molar-refractivity contribution in [1.82, 2.24) is 0 Å². The van der Waals surface area contributed by atoms with Crippen LogP contribution in [0.3, 0.4) is 0 Å². The first-order valence-corrected chi connectivity index (χ1v) is 7.23. The highest BCUT2D eigenvalue weighted by molar-refractivity contribution is 6.34. The molecular formula is C15H20ClNO2. The number of anilines is 1. The summed E-state index contributed by atoms with van der Waals surface area (Å²) >= 11 is 6.22. The molecule has 19 heavy (non-hydrogen) atoms. The van der Waals surface area contributed by atoms with Gasteiger partial charge in [0.25, 0.3) is 0 Å². The van der Waals surface area contributed by atoms with Crippen molar-refractivity contribution in [3.8, 4) is 0 Å². The standard InChI is InChI=1S/C15H20ClNO2/c1-17(11-7-4-2-3-5-8-11)14-12(15(18)19)9-6-10-13(14)16/h6,9-11H,2-5,7-8H2,1H3,(H,18,19). The lowest BCUT2D eigenvalue weighted by Crippen LogP contribution is -2.32. The summed E-state index contributed by atoms with van der Waals surface area (Å²) in [5.41, 5.74) is 0.947. The summed E-state index contributed by atoms with van der Waals surface area (Å²) in [6, 6.07) is 5.46. The number of nitrogens with zero attached hydrogens (tertiary/aromatic N) is 1. The molecule has 0 aliphatic heterocycles. The van der Waals surface area contributed by atoms with Crippen LogP contribution >= 0.6 is 11.6 Å². The molecule has 1 aromatic carbocycles. The van der Waals surface area contributed by atoms with Gasteiger partial charge in [0, 0.05) is 13.1 Å². The molecule has 1 N–H and O–H groups in total. The topological polar surface area (TPSA) is 40.5 Å². The minimum absolute atomic E-state index is 0.291. The molecule has 0 spiro atoms. The molecule has 1 aliphatic rings. The zero-order valence-electron chi connectivity index (χ0n) is 11.2. The van der Waals surface area contributed by atoms with Crippen LogP contribution in [0.1, 0.15) is 48.9 Å². The van der Waals surface area contributed by atoms with E-state index in [0.717, 1.165) is 12.8 Å². The molecule has 0 radical (unpaired) electrons. The molecule has 2 rings (SSSR count). The van der Waals surface area contributed by atoms with Gasteiger partial charge in [0.05, 0.1) is 16.3 Å². The summed E-state index contributed by atoms with van der Waals surface area (Å²) in [6.07, 6.45) is 7.20. The van der Waals surface area contributed by atoms with Crippen molar-refractivity contribution >= 4 is 23.3 Å². The van der Waals surface area contributed by atoms with Gasteiger partial charge in [-0.25, -0.2) is 4.79 Å². The molecule has 0 bridgehead atoms. The maximum atomic E-state index is 11.3. The van der Waals surface area contributed by atoms with E-state index in [-0.39, 0.29) is 0 Å². The number of benzene rings is 1. The Morgan fingerprint density at radius 1 is 1.26 bits per heavy atom. The highest BCUT2D eigenvalue weighted by Gasteiger charge is 2.23. The normalized spacial score (nSPS) is 16.9. The average Bonchev–Trinajstić information content (AvgIpc) is 2.66. The van der Waals surface area contributed by atoms with Gasteiger partial charge in [-0.3, -0.25) is 0 Å². The molecule has 0 heterocycles. The van der Waals surface area contributed by atoms with Crippen molar-refractivity contribution in [3.63, 3.8) is 0 Å². The Bertz CT molecular complexity index is 453. The Balaban J connectivity index is 2.31. The molecule has 104 valence electrons. The first-order chi connectivity index (χ1) is 9.11. The highest BCUT2D eigenvalue weighted by Crippen LogP contribution is 2.33. The van der Waals surface area contributed by atoms with Gasteiger partial charge in [-0.2, -0.15) is 0 Å². The first kappa shape index (κ1) is 14.2. The second kappa shape index (κ2) is 6.29. The molecule has 1 fully saturated rings. The number of para-hydroxylation sites is 1. The molecule has 4 heteroatoms. The van der Waals surface area contributed by atoms with Crippen LogP contribution in [0.5, 0.6) is 0 Å². The summed E-state index contributed by atoms with van der Waals surface area (Å²) in [4.78, 5) is 13.4. The number of carbonyl (C=O) groups is 1. The monoisotopic (exact) mass is 281 g/mol. The van der Waals surface area contributed by atoms with Crippen LogP contribution in [-0.4, -0.2) is 24.2 Å². The Morgan fingerprint density at radius 3 is 2.47 bits per heavy atom. The molecule has 1 saturated carbocycles. The van der Waals surface area contributed by atoms with Crippen molar-refractivity contribution in [1.29, 1.82) is 0 Å². The van der Waals surface area contributed by atoms with Crippen LogP contribution in [0, 0.1) is 0 Å². The van der Waals surface area contributed by atoms with E-state index < -0.39 is 5.97 Å². The predicted octanol–water partition coefficient (Wildman–Crippen LogP) is 4.20. The van der Waals surface area contributed by atoms with Gasteiger partial charge >= 0.3 is 5.97 Å². The Kier molecular flexibility index (Phi) is 4.70. The van der Waals surface area contributed by atoms with Crippen LogP contribution in [-0.2, 0) is 0 Å². The van der Waals surface area contributed by atoms with Crippen molar-refractivity contribution < 1.29 is 9.90 Å². The van der Waals surface area contributed by atoms with Gasteiger partial charge in [-0.05, 0) is 25.0 Å². The van der Waals surface area contributed by atoms with E-state index in [1.807, 2.05) is 7.05 Å². The van der Waals surface area contributed by atoms with Gasteiger partial charge in [-0.1, -0.05) is 43.4 Å². The fourth-order valence-corrected chi connectivity index (χ4v) is 3.18. The smallest absolute Gasteiger partial charge is 0.337 e. The van der Waals surface area contributed by atoms with E-state index in [1.54, 1.807) is 18.2 Å². The van der Waals surface area contributed by atoms with Gasteiger partial charge in [0.2, 0.25) is 0 Å². The summed E-state index contributed by atoms with van der Waals surface area (Å²) in [6.45, 7) is 0. The second-order valence-corrected chi connectivity index (χ2v) is 5.60. The van der Waals surface area contributed by atoms with Crippen LogP contribution in [0.25, 0.3) is 0 Å². The number of hydrogen-bond donors (Lipinski definition) is 1. The molecule has 1 aromatic rings. The summed E-state index contributed by atoms with van der Waals surface area (Å²) in [5, 5.41) is 9.83. The van der Waals surface area contributed by atoms with Gasteiger partial charge in [-0.15, -0.1) is 0 Å². The van der Waals surface area contributed by atoms with E-state index in [9.17, 15) is 9.90 Å². The summed E-state index contributed by atoms with van der Waals surface area (Å²) in [5.74, 6) is -0.919.